The number of carbonyl (C=O) groups is 1. The molecule has 104 valence electrons. The summed E-state index contributed by atoms with van der Waals surface area (Å²) in [5.41, 5.74) is 9.01. The van der Waals surface area contributed by atoms with E-state index < -0.39 is 0 Å². The first-order chi connectivity index (χ1) is 9.60. The lowest BCUT2D eigenvalue weighted by Gasteiger charge is -2.11. The molecule has 0 bridgehead atoms. The van der Waals surface area contributed by atoms with Gasteiger partial charge in [0.25, 0.3) is 0 Å². The first kappa shape index (κ1) is 13.9. The van der Waals surface area contributed by atoms with Crippen molar-refractivity contribution in [1.29, 1.82) is 0 Å². The van der Waals surface area contributed by atoms with Gasteiger partial charge in [0, 0.05) is 5.69 Å². The smallest absolute Gasteiger partial charge is 0.228 e. The molecule has 2 aromatic rings. The maximum Gasteiger partial charge on any atom is 0.228 e. The van der Waals surface area contributed by atoms with E-state index >= 15 is 0 Å². The number of nitrogens with two attached hydrogens (primary N) is 1. The molecule has 20 heavy (non-hydrogen) atoms. The van der Waals surface area contributed by atoms with Crippen LogP contribution in [0.15, 0.2) is 42.5 Å². The van der Waals surface area contributed by atoms with Crippen molar-refractivity contribution in [3.05, 3.63) is 53.6 Å². The van der Waals surface area contributed by atoms with Gasteiger partial charge in [-0.15, -0.1) is 0 Å². The minimum atomic E-state index is -0.119. The van der Waals surface area contributed by atoms with Crippen LogP contribution in [-0.4, -0.2) is 13.0 Å². The largest absolute Gasteiger partial charge is 0.495 e. The van der Waals surface area contributed by atoms with Gasteiger partial charge in [-0.3, -0.25) is 4.79 Å². The number of hydrogen-bond acceptors (Lipinski definition) is 3. The van der Waals surface area contributed by atoms with Gasteiger partial charge in [-0.2, -0.15) is 0 Å². The summed E-state index contributed by atoms with van der Waals surface area (Å²) < 4.78 is 5.24. The number of ether oxygens (including phenoxy) is 1. The van der Waals surface area contributed by atoms with Gasteiger partial charge in [0.2, 0.25) is 5.91 Å². The number of nitrogens with one attached hydrogen (secondary N) is 1. The summed E-state index contributed by atoms with van der Waals surface area (Å²) in [5, 5.41) is 2.86. The summed E-state index contributed by atoms with van der Waals surface area (Å²) in [6.45, 7) is 1.96. The van der Waals surface area contributed by atoms with Crippen molar-refractivity contribution in [3.63, 3.8) is 0 Å². The predicted octanol–water partition coefficient (Wildman–Crippen LogP) is 2.77. The Labute approximate surface area is 118 Å². The van der Waals surface area contributed by atoms with Crippen LogP contribution in [0.3, 0.4) is 0 Å². The van der Waals surface area contributed by atoms with E-state index in [1.165, 1.54) is 0 Å². The number of methoxy groups -OCH3 is 1. The standard InChI is InChI=1S/C16H18N2O2/c1-11-7-8-15(20-2)14(9-11)18-16(19)10-12-5-3-4-6-13(12)17/h3-9H,10,17H2,1-2H3,(H,18,19). The van der Waals surface area contributed by atoms with E-state index in [0.717, 1.165) is 11.1 Å². The zero-order valence-electron chi connectivity index (χ0n) is 11.6. The molecule has 0 radical (unpaired) electrons. The summed E-state index contributed by atoms with van der Waals surface area (Å²) in [5.74, 6) is 0.525. The van der Waals surface area contributed by atoms with Gasteiger partial charge >= 0.3 is 0 Å². The second-order valence-electron chi connectivity index (χ2n) is 4.63. The molecule has 0 saturated heterocycles. The van der Waals surface area contributed by atoms with Crippen molar-refractivity contribution in [3.8, 4) is 5.75 Å². The number of hydrogen-bond donors (Lipinski definition) is 2. The van der Waals surface area contributed by atoms with E-state index in [2.05, 4.69) is 5.32 Å². The Kier molecular flexibility index (Phi) is 4.25. The van der Waals surface area contributed by atoms with Crippen molar-refractivity contribution in [2.45, 2.75) is 13.3 Å². The first-order valence-corrected chi connectivity index (χ1v) is 6.38. The highest BCUT2D eigenvalue weighted by atomic mass is 16.5. The Balaban J connectivity index is 2.12. The van der Waals surface area contributed by atoms with E-state index in [0.29, 0.717) is 17.1 Å². The van der Waals surface area contributed by atoms with E-state index in [1.807, 2.05) is 43.3 Å². The molecule has 0 fully saturated rings. The molecule has 2 rings (SSSR count). The Bertz CT molecular complexity index is 624. The molecule has 0 saturated carbocycles. The lowest BCUT2D eigenvalue weighted by Crippen LogP contribution is -2.16. The van der Waals surface area contributed by atoms with Crippen LogP contribution in [0.25, 0.3) is 0 Å². The van der Waals surface area contributed by atoms with Crippen molar-refractivity contribution >= 4 is 17.3 Å². The van der Waals surface area contributed by atoms with Crippen LogP contribution >= 0.6 is 0 Å². The number of carbonyl (C=O) groups excluding carboxylic acids is 1. The summed E-state index contributed by atoms with van der Waals surface area (Å²) >= 11 is 0. The van der Waals surface area contributed by atoms with Crippen molar-refractivity contribution in [2.24, 2.45) is 0 Å². The number of benzene rings is 2. The minimum absolute atomic E-state index is 0.119. The van der Waals surface area contributed by atoms with Crippen LogP contribution in [0.2, 0.25) is 0 Å². The molecule has 3 N–H and O–H groups in total. The summed E-state index contributed by atoms with van der Waals surface area (Å²) in [6.07, 6.45) is 0.240. The van der Waals surface area contributed by atoms with Gasteiger partial charge in [-0.05, 0) is 36.2 Å². The number of anilines is 2. The van der Waals surface area contributed by atoms with E-state index in [1.54, 1.807) is 13.2 Å². The molecule has 0 aromatic heterocycles. The van der Waals surface area contributed by atoms with Crippen LogP contribution < -0.4 is 15.8 Å². The predicted molar refractivity (Wildman–Crippen MR) is 80.9 cm³/mol. The maximum absolute atomic E-state index is 12.1. The third-order valence-electron chi connectivity index (χ3n) is 3.04. The highest BCUT2D eigenvalue weighted by Crippen LogP contribution is 2.25. The van der Waals surface area contributed by atoms with Gasteiger partial charge < -0.3 is 15.8 Å². The maximum atomic E-state index is 12.1. The normalized spacial score (nSPS) is 10.1. The van der Waals surface area contributed by atoms with Crippen LogP contribution in [0.5, 0.6) is 5.75 Å². The third kappa shape index (κ3) is 3.29. The number of amides is 1. The van der Waals surface area contributed by atoms with Gasteiger partial charge in [0.05, 0.1) is 19.2 Å². The SMILES string of the molecule is COc1ccc(C)cc1NC(=O)Cc1ccccc1N. The second kappa shape index (κ2) is 6.10. The van der Waals surface area contributed by atoms with Gasteiger partial charge in [0.1, 0.15) is 5.75 Å². The molecule has 0 unspecified atom stereocenters. The molecular formula is C16H18N2O2. The lowest BCUT2D eigenvalue weighted by atomic mass is 10.1. The minimum Gasteiger partial charge on any atom is -0.495 e. The van der Waals surface area contributed by atoms with Crippen LogP contribution in [-0.2, 0) is 11.2 Å². The van der Waals surface area contributed by atoms with Crippen LogP contribution in [0, 0.1) is 6.92 Å². The summed E-state index contributed by atoms with van der Waals surface area (Å²) in [4.78, 5) is 12.1. The van der Waals surface area contributed by atoms with Crippen LogP contribution in [0.1, 0.15) is 11.1 Å². The average molecular weight is 270 g/mol. The molecule has 0 spiro atoms. The Morgan fingerprint density at radius 3 is 2.70 bits per heavy atom. The molecule has 0 aliphatic rings. The molecular weight excluding hydrogens is 252 g/mol. The highest BCUT2D eigenvalue weighted by molar-refractivity contribution is 5.94. The number of rotatable bonds is 4. The van der Waals surface area contributed by atoms with Gasteiger partial charge in [-0.1, -0.05) is 24.3 Å². The fraction of sp³-hybridized carbons (Fsp3) is 0.188. The molecule has 4 heteroatoms. The quantitative estimate of drug-likeness (QED) is 0.840. The highest BCUT2D eigenvalue weighted by Gasteiger charge is 2.10. The van der Waals surface area contributed by atoms with E-state index in [4.69, 9.17) is 10.5 Å². The molecule has 1 amide bonds. The first-order valence-electron chi connectivity index (χ1n) is 6.38. The van der Waals surface area contributed by atoms with Crippen molar-refractivity contribution in [2.75, 3.05) is 18.2 Å². The van der Waals surface area contributed by atoms with E-state index in [-0.39, 0.29) is 12.3 Å². The second-order valence-corrected chi connectivity index (χ2v) is 4.63. The fourth-order valence-corrected chi connectivity index (χ4v) is 1.98. The third-order valence-corrected chi connectivity index (χ3v) is 3.04. The zero-order chi connectivity index (χ0) is 14.5. The summed E-state index contributed by atoms with van der Waals surface area (Å²) in [7, 11) is 1.58. The monoisotopic (exact) mass is 270 g/mol. The lowest BCUT2D eigenvalue weighted by molar-refractivity contribution is -0.115. The van der Waals surface area contributed by atoms with Crippen LogP contribution in [0.4, 0.5) is 11.4 Å². The van der Waals surface area contributed by atoms with E-state index in [9.17, 15) is 4.79 Å². The molecule has 2 aromatic carbocycles. The molecule has 0 aliphatic carbocycles. The summed E-state index contributed by atoms with van der Waals surface area (Å²) in [6, 6.07) is 13.0. The Hall–Kier alpha value is -2.49. The Morgan fingerprint density at radius 2 is 2.00 bits per heavy atom. The molecule has 0 aliphatic heterocycles. The fourth-order valence-electron chi connectivity index (χ4n) is 1.98. The number of para-hydroxylation sites is 1. The molecule has 4 nitrogen and oxygen atoms in total. The molecule has 0 heterocycles. The average Bonchev–Trinajstić information content (AvgIpc) is 2.41. The number of nitrogen functional groups attached to an aromatic ring is 1. The van der Waals surface area contributed by atoms with Gasteiger partial charge in [0.15, 0.2) is 0 Å². The topological polar surface area (TPSA) is 64.3 Å². The number of aryl methyl sites for hydroxylation is 1. The van der Waals surface area contributed by atoms with Gasteiger partial charge in [-0.25, -0.2) is 0 Å². The zero-order valence-corrected chi connectivity index (χ0v) is 11.6. The van der Waals surface area contributed by atoms with Crippen molar-refractivity contribution < 1.29 is 9.53 Å². The molecule has 0 atom stereocenters. The Morgan fingerprint density at radius 1 is 1.25 bits per heavy atom. The van der Waals surface area contributed by atoms with Crippen molar-refractivity contribution in [1.82, 2.24) is 0 Å².